The van der Waals surface area contributed by atoms with Crippen molar-refractivity contribution in [3.8, 4) is 0 Å². The monoisotopic (exact) mass is 237 g/mol. The second kappa shape index (κ2) is 4.48. The number of amides is 2. The first-order valence-electron chi connectivity index (χ1n) is 6.98. The smallest absolute Gasteiger partial charge is 0.320 e. The fourth-order valence-corrected chi connectivity index (χ4v) is 3.42. The first kappa shape index (κ1) is 11.3. The van der Waals surface area contributed by atoms with Crippen LogP contribution >= 0.6 is 0 Å². The van der Waals surface area contributed by atoms with Gasteiger partial charge in [-0.25, -0.2) is 4.79 Å². The van der Waals surface area contributed by atoms with Crippen LogP contribution in [-0.2, 0) is 0 Å². The second-order valence-corrected chi connectivity index (χ2v) is 5.92. The normalized spacial score (nSPS) is 34.5. The van der Waals surface area contributed by atoms with Gasteiger partial charge in [0.25, 0.3) is 0 Å². The molecule has 2 aliphatic heterocycles. The molecule has 0 bridgehead atoms. The van der Waals surface area contributed by atoms with Crippen molar-refractivity contribution in [3.63, 3.8) is 0 Å². The summed E-state index contributed by atoms with van der Waals surface area (Å²) < 4.78 is 0. The fraction of sp³-hybridized carbons (Fsp3) is 0.923. The number of carbonyl (C=O) groups is 1. The lowest BCUT2D eigenvalue weighted by atomic mass is 9.79. The molecule has 0 spiro atoms. The molecule has 2 amide bonds. The largest absolute Gasteiger partial charge is 0.323 e. The SMILES string of the molecule is CN1C(=O)N(CC2CCNC2)CC1C1CCC1. The highest BCUT2D eigenvalue weighted by molar-refractivity contribution is 5.77. The summed E-state index contributed by atoms with van der Waals surface area (Å²) in [5.41, 5.74) is 0. The summed E-state index contributed by atoms with van der Waals surface area (Å²) in [5, 5.41) is 3.38. The number of urea groups is 1. The maximum Gasteiger partial charge on any atom is 0.320 e. The third kappa shape index (κ3) is 2.03. The van der Waals surface area contributed by atoms with Crippen LogP contribution in [0.2, 0.25) is 0 Å². The highest BCUT2D eigenvalue weighted by atomic mass is 16.2. The van der Waals surface area contributed by atoms with Gasteiger partial charge in [0.1, 0.15) is 0 Å². The molecule has 0 radical (unpaired) electrons. The third-order valence-electron chi connectivity index (χ3n) is 4.81. The Balaban J connectivity index is 1.59. The summed E-state index contributed by atoms with van der Waals surface area (Å²) in [6, 6.07) is 0.749. The van der Waals surface area contributed by atoms with Crippen molar-refractivity contribution >= 4 is 6.03 Å². The minimum absolute atomic E-state index is 0.258. The fourth-order valence-electron chi connectivity index (χ4n) is 3.42. The molecule has 4 heteroatoms. The summed E-state index contributed by atoms with van der Waals surface area (Å²) >= 11 is 0. The average Bonchev–Trinajstić information content (AvgIpc) is 2.82. The van der Waals surface area contributed by atoms with Gasteiger partial charge in [0, 0.05) is 20.1 Å². The van der Waals surface area contributed by atoms with Gasteiger partial charge >= 0.3 is 6.03 Å². The molecule has 0 aromatic heterocycles. The van der Waals surface area contributed by atoms with Crippen LogP contribution in [0.5, 0.6) is 0 Å². The van der Waals surface area contributed by atoms with Crippen LogP contribution in [0.3, 0.4) is 0 Å². The maximum atomic E-state index is 12.2. The molecule has 4 nitrogen and oxygen atoms in total. The Labute approximate surface area is 103 Å². The zero-order chi connectivity index (χ0) is 11.8. The molecule has 96 valence electrons. The van der Waals surface area contributed by atoms with E-state index >= 15 is 0 Å². The Kier molecular flexibility index (Phi) is 2.99. The number of hydrogen-bond acceptors (Lipinski definition) is 2. The number of likely N-dealkylation sites (N-methyl/N-ethyl adjacent to an activating group) is 1. The van der Waals surface area contributed by atoms with Gasteiger partial charge in [0.15, 0.2) is 0 Å². The standard InChI is InChI=1S/C13H23N3O/c1-15-12(11-3-2-4-11)9-16(13(15)17)8-10-5-6-14-7-10/h10-12,14H,2-9H2,1H3. The minimum Gasteiger partial charge on any atom is -0.323 e. The van der Waals surface area contributed by atoms with Crippen LogP contribution in [0.1, 0.15) is 25.7 Å². The van der Waals surface area contributed by atoms with Crippen LogP contribution in [0.4, 0.5) is 4.79 Å². The van der Waals surface area contributed by atoms with Crippen LogP contribution in [0.25, 0.3) is 0 Å². The van der Waals surface area contributed by atoms with Crippen molar-refractivity contribution in [2.24, 2.45) is 11.8 Å². The van der Waals surface area contributed by atoms with Gasteiger partial charge < -0.3 is 15.1 Å². The molecule has 3 rings (SSSR count). The number of nitrogens with zero attached hydrogens (tertiary/aromatic N) is 2. The van der Waals surface area contributed by atoms with E-state index in [1.165, 1.54) is 25.7 Å². The quantitative estimate of drug-likeness (QED) is 0.799. The predicted molar refractivity (Wildman–Crippen MR) is 66.8 cm³/mol. The first-order chi connectivity index (χ1) is 8.25. The zero-order valence-electron chi connectivity index (χ0n) is 10.7. The van der Waals surface area contributed by atoms with E-state index in [0.717, 1.165) is 32.1 Å². The van der Waals surface area contributed by atoms with Crippen molar-refractivity contribution in [1.82, 2.24) is 15.1 Å². The van der Waals surface area contributed by atoms with Gasteiger partial charge in [-0.2, -0.15) is 0 Å². The zero-order valence-corrected chi connectivity index (χ0v) is 10.7. The molecule has 0 aromatic carbocycles. The lowest BCUT2D eigenvalue weighted by Gasteiger charge is -2.34. The van der Waals surface area contributed by atoms with E-state index in [-0.39, 0.29) is 6.03 Å². The summed E-state index contributed by atoms with van der Waals surface area (Å²) in [4.78, 5) is 16.3. The van der Waals surface area contributed by atoms with E-state index < -0.39 is 0 Å². The Bertz CT molecular complexity index is 297. The van der Waals surface area contributed by atoms with E-state index in [4.69, 9.17) is 0 Å². The summed E-state index contributed by atoms with van der Waals surface area (Å²) in [6.45, 7) is 4.13. The molecule has 2 atom stereocenters. The molecular weight excluding hydrogens is 214 g/mol. The summed E-state index contributed by atoms with van der Waals surface area (Å²) in [7, 11) is 1.98. The Morgan fingerprint density at radius 2 is 2.18 bits per heavy atom. The average molecular weight is 237 g/mol. The van der Waals surface area contributed by atoms with Gasteiger partial charge in [-0.05, 0) is 44.2 Å². The highest BCUT2D eigenvalue weighted by Crippen LogP contribution is 2.35. The number of hydrogen-bond donors (Lipinski definition) is 1. The van der Waals surface area contributed by atoms with Crippen molar-refractivity contribution < 1.29 is 4.79 Å². The van der Waals surface area contributed by atoms with Crippen molar-refractivity contribution in [2.75, 3.05) is 33.2 Å². The van der Waals surface area contributed by atoms with Crippen molar-refractivity contribution in [2.45, 2.75) is 31.7 Å². The minimum atomic E-state index is 0.258. The third-order valence-corrected chi connectivity index (χ3v) is 4.81. The van der Waals surface area contributed by atoms with E-state index in [0.29, 0.717) is 12.0 Å². The van der Waals surface area contributed by atoms with Gasteiger partial charge in [0.2, 0.25) is 0 Å². The Morgan fingerprint density at radius 1 is 1.35 bits per heavy atom. The molecule has 1 aliphatic carbocycles. The van der Waals surface area contributed by atoms with Gasteiger partial charge in [0.05, 0.1) is 6.04 Å². The van der Waals surface area contributed by atoms with Crippen LogP contribution in [0.15, 0.2) is 0 Å². The highest BCUT2D eigenvalue weighted by Gasteiger charge is 2.41. The molecule has 1 N–H and O–H groups in total. The second-order valence-electron chi connectivity index (χ2n) is 5.92. The molecule has 3 fully saturated rings. The van der Waals surface area contributed by atoms with Gasteiger partial charge in [-0.15, -0.1) is 0 Å². The Morgan fingerprint density at radius 3 is 2.76 bits per heavy atom. The number of carbonyl (C=O) groups excluding carboxylic acids is 1. The van der Waals surface area contributed by atoms with Crippen molar-refractivity contribution in [1.29, 1.82) is 0 Å². The molecule has 0 aromatic rings. The number of nitrogens with one attached hydrogen (secondary N) is 1. The van der Waals surface area contributed by atoms with Crippen LogP contribution in [0, 0.1) is 11.8 Å². The first-order valence-corrected chi connectivity index (χ1v) is 6.98. The van der Waals surface area contributed by atoms with Crippen molar-refractivity contribution in [3.05, 3.63) is 0 Å². The predicted octanol–water partition coefficient (Wildman–Crippen LogP) is 1.13. The molecule has 1 saturated carbocycles. The topological polar surface area (TPSA) is 35.6 Å². The number of rotatable bonds is 3. The molecule has 2 saturated heterocycles. The lowest BCUT2D eigenvalue weighted by Crippen LogP contribution is -2.39. The van der Waals surface area contributed by atoms with Crippen LogP contribution in [-0.4, -0.2) is 55.1 Å². The van der Waals surface area contributed by atoms with E-state index in [2.05, 4.69) is 10.2 Å². The molecule has 2 heterocycles. The van der Waals surface area contributed by atoms with Crippen LogP contribution < -0.4 is 5.32 Å². The van der Waals surface area contributed by atoms with Gasteiger partial charge in [-0.3, -0.25) is 0 Å². The molecule has 2 unspecified atom stereocenters. The van der Waals surface area contributed by atoms with E-state index in [9.17, 15) is 4.79 Å². The maximum absolute atomic E-state index is 12.2. The van der Waals surface area contributed by atoms with E-state index in [1.807, 2.05) is 11.9 Å². The summed E-state index contributed by atoms with van der Waals surface area (Å²) in [5.74, 6) is 1.45. The van der Waals surface area contributed by atoms with Gasteiger partial charge in [-0.1, -0.05) is 6.42 Å². The molecule has 3 aliphatic rings. The molecule has 17 heavy (non-hydrogen) atoms. The van der Waals surface area contributed by atoms with E-state index in [1.54, 1.807) is 0 Å². The lowest BCUT2D eigenvalue weighted by molar-refractivity contribution is 0.163. The summed E-state index contributed by atoms with van der Waals surface area (Å²) in [6.07, 6.45) is 5.22. The Hall–Kier alpha value is -0.770. The molecular formula is C13H23N3O.